The smallest absolute Gasteiger partial charge is 0.339 e. The molecule has 0 bridgehead atoms. The zero-order valence-corrected chi connectivity index (χ0v) is 31.4. The Labute approximate surface area is 318 Å². The van der Waals surface area contributed by atoms with Crippen LogP contribution in [0, 0.1) is 0 Å². The molecule has 0 spiro atoms. The number of para-hydroxylation sites is 1. The molecule has 0 aromatic heterocycles. The van der Waals surface area contributed by atoms with Crippen molar-refractivity contribution in [3.8, 4) is 5.75 Å². The first-order valence-electron chi connectivity index (χ1n) is 19.3. The molecule has 1 aliphatic carbocycles. The van der Waals surface area contributed by atoms with Gasteiger partial charge in [0.05, 0.1) is 12.2 Å². The summed E-state index contributed by atoms with van der Waals surface area (Å²) in [6, 6.07) is 21.3. The molecular formula is C44H54N2O8. The van der Waals surface area contributed by atoms with Gasteiger partial charge in [-0.1, -0.05) is 100 Å². The van der Waals surface area contributed by atoms with Gasteiger partial charge in [0.25, 0.3) is 5.91 Å². The van der Waals surface area contributed by atoms with E-state index in [1.165, 1.54) is 0 Å². The number of ether oxygens (including phenoxy) is 3. The summed E-state index contributed by atoms with van der Waals surface area (Å²) >= 11 is 0. The third-order valence-electron chi connectivity index (χ3n) is 9.90. The third-order valence-corrected chi connectivity index (χ3v) is 9.90. The fourth-order valence-corrected chi connectivity index (χ4v) is 7.02. The highest BCUT2D eigenvalue weighted by atomic mass is 16.8. The maximum Gasteiger partial charge on any atom is 0.339 e. The van der Waals surface area contributed by atoms with Crippen LogP contribution in [0.1, 0.15) is 109 Å². The highest BCUT2D eigenvalue weighted by Crippen LogP contribution is 2.43. The minimum absolute atomic E-state index is 0.136. The van der Waals surface area contributed by atoms with E-state index >= 15 is 0 Å². The largest absolute Gasteiger partial charge is 0.508 e. The first-order chi connectivity index (χ1) is 26.3. The number of fused-ring (bicyclic) bond motifs is 1. The van der Waals surface area contributed by atoms with Crippen molar-refractivity contribution in [2.45, 2.75) is 109 Å². The lowest BCUT2D eigenvalue weighted by Crippen LogP contribution is -2.43. The van der Waals surface area contributed by atoms with Gasteiger partial charge in [-0.3, -0.25) is 9.59 Å². The molecule has 1 fully saturated rings. The summed E-state index contributed by atoms with van der Waals surface area (Å²) in [4.78, 5) is 40.2. The first-order valence-corrected chi connectivity index (χ1v) is 19.3. The molecule has 3 unspecified atom stereocenters. The van der Waals surface area contributed by atoms with Crippen LogP contribution in [0.5, 0.6) is 5.75 Å². The highest BCUT2D eigenvalue weighted by Gasteiger charge is 2.52. The van der Waals surface area contributed by atoms with E-state index in [0.29, 0.717) is 41.5 Å². The normalized spacial score (nSPS) is 18.9. The van der Waals surface area contributed by atoms with Gasteiger partial charge in [0.15, 0.2) is 5.79 Å². The van der Waals surface area contributed by atoms with Crippen molar-refractivity contribution in [3.63, 3.8) is 0 Å². The van der Waals surface area contributed by atoms with E-state index in [1.54, 1.807) is 42.5 Å². The van der Waals surface area contributed by atoms with Gasteiger partial charge in [-0.05, 0) is 66.3 Å². The molecule has 1 heterocycles. The van der Waals surface area contributed by atoms with Crippen LogP contribution in [-0.2, 0) is 32.0 Å². The summed E-state index contributed by atoms with van der Waals surface area (Å²) in [5.41, 5.74) is 3.41. The monoisotopic (exact) mass is 738 g/mol. The van der Waals surface area contributed by atoms with E-state index in [0.717, 1.165) is 49.7 Å². The summed E-state index contributed by atoms with van der Waals surface area (Å²) in [6.07, 6.45) is 11.7. The third kappa shape index (κ3) is 10.9. The number of aromatic hydroxyl groups is 1. The number of rotatable bonds is 19. The molecule has 4 N–H and O–H groups in total. The van der Waals surface area contributed by atoms with Crippen molar-refractivity contribution in [2.75, 3.05) is 13.2 Å². The number of hydrogen-bond donors (Lipinski definition) is 4. The van der Waals surface area contributed by atoms with Gasteiger partial charge < -0.3 is 35.1 Å². The zero-order chi connectivity index (χ0) is 38.3. The average molecular weight is 739 g/mol. The molecule has 3 atom stereocenters. The number of benzene rings is 3. The summed E-state index contributed by atoms with van der Waals surface area (Å²) in [5.74, 6) is -1.79. The SMILES string of the molecule is CCCCCC1(CCCCC)OC2C=C(C(=O)NCc3cccc(C(=O)NCCO)c3)CC(OC(=O)c3ccccc3C=CCc3ccccc3O)C2O1. The Balaban J connectivity index is 1.36. The van der Waals surface area contributed by atoms with Gasteiger partial charge >= 0.3 is 5.97 Å². The van der Waals surface area contributed by atoms with Crippen LogP contribution in [0.2, 0.25) is 0 Å². The number of carbonyl (C=O) groups is 3. The topological polar surface area (TPSA) is 143 Å². The predicted octanol–water partition coefficient (Wildman–Crippen LogP) is 7.18. The number of unbranched alkanes of at least 4 members (excludes halogenated alkanes) is 4. The number of carbonyl (C=O) groups excluding carboxylic acids is 3. The van der Waals surface area contributed by atoms with E-state index < -0.39 is 30.1 Å². The molecule has 3 aromatic rings. The van der Waals surface area contributed by atoms with Gasteiger partial charge in [0.1, 0.15) is 24.1 Å². The van der Waals surface area contributed by atoms with Crippen LogP contribution in [0.3, 0.4) is 0 Å². The van der Waals surface area contributed by atoms with Crippen LogP contribution in [0.25, 0.3) is 6.08 Å². The highest BCUT2D eigenvalue weighted by molar-refractivity contribution is 5.96. The van der Waals surface area contributed by atoms with Crippen LogP contribution < -0.4 is 10.6 Å². The number of esters is 1. The number of nitrogens with one attached hydrogen (secondary N) is 2. The Hall–Kier alpha value is -4.77. The number of allylic oxidation sites excluding steroid dienone is 1. The van der Waals surface area contributed by atoms with E-state index in [1.807, 2.05) is 48.6 Å². The maximum atomic E-state index is 14.0. The number of aliphatic hydroxyl groups is 1. The molecule has 10 nitrogen and oxygen atoms in total. The van der Waals surface area contributed by atoms with Crippen LogP contribution in [0.15, 0.2) is 90.5 Å². The number of amides is 2. The van der Waals surface area contributed by atoms with Crippen molar-refractivity contribution in [1.82, 2.24) is 10.6 Å². The van der Waals surface area contributed by atoms with Crippen molar-refractivity contribution in [1.29, 1.82) is 0 Å². The van der Waals surface area contributed by atoms with E-state index in [4.69, 9.17) is 19.3 Å². The second-order valence-corrected chi connectivity index (χ2v) is 14.0. The molecule has 2 amide bonds. The van der Waals surface area contributed by atoms with E-state index in [-0.39, 0.29) is 43.7 Å². The van der Waals surface area contributed by atoms with Crippen molar-refractivity contribution in [3.05, 3.63) is 118 Å². The summed E-state index contributed by atoms with van der Waals surface area (Å²) in [6.45, 7) is 4.47. The second kappa shape index (κ2) is 20.1. The fraction of sp³-hybridized carbons (Fsp3) is 0.432. The lowest BCUT2D eigenvalue weighted by molar-refractivity contribution is -0.190. The zero-order valence-electron chi connectivity index (χ0n) is 31.4. The van der Waals surface area contributed by atoms with E-state index in [9.17, 15) is 19.5 Å². The molecule has 1 aliphatic heterocycles. The summed E-state index contributed by atoms with van der Waals surface area (Å²) < 4.78 is 19.8. The van der Waals surface area contributed by atoms with E-state index in [2.05, 4.69) is 24.5 Å². The Morgan fingerprint density at radius 2 is 1.63 bits per heavy atom. The quantitative estimate of drug-likeness (QED) is 0.0749. The van der Waals surface area contributed by atoms with Crippen molar-refractivity contribution >= 4 is 23.9 Å². The van der Waals surface area contributed by atoms with Gasteiger partial charge in [-0.15, -0.1) is 0 Å². The summed E-state index contributed by atoms with van der Waals surface area (Å²) in [5, 5.41) is 24.9. The Morgan fingerprint density at radius 1 is 0.889 bits per heavy atom. The van der Waals surface area contributed by atoms with Crippen LogP contribution in [0.4, 0.5) is 0 Å². The number of hydrogen-bond acceptors (Lipinski definition) is 8. The summed E-state index contributed by atoms with van der Waals surface area (Å²) in [7, 11) is 0. The minimum Gasteiger partial charge on any atom is -0.508 e. The predicted molar refractivity (Wildman–Crippen MR) is 208 cm³/mol. The molecular weight excluding hydrogens is 684 g/mol. The van der Waals surface area contributed by atoms with Crippen LogP contribution >= 0.6 is 0 Å². The molecule has 2 aliphatic rings. The van der Waals surface area contributed by atoms with Crippen molar-refractivity contribution < 1.29 is 38.8 Å². The standard InChI is InChI=1S/C44H54N2O8/c1-3-5-11-23-44(24-12-6-4-2)53-39-29-35(42(50)46-30-31-15-13-20-34(27-31)41(49)45-25-26-47)28-38(40(39)54-44)52-43(51)36-21-9-7-16-32(36)18-14-19-33-17-8-10-22-37(33)48/h7-10,13-18,20-22,27,29,38-40,47-48H,3-6,11-12,19,23-26,28,30H2,1-2H3,(H,45,49)(H,46,50). The Kier molecular flexibility index (Phi) is 15.0. The van der Waals surface area contributed by atoms with Gasteiger partial charge in [-0.25, -0.2) is 4.79 Å². The lowest BCUT2D eigenvalue weighted by atomic mass is 9.91. The molecule has 0 radical (unpaired) electrons. The van der Waals surface area contributed by atoms with Crippen LogP contribution in [-0.4, -0.2) is 65.2 Å². The number of phenols is 1. The van der Waals surface area contributed by atoms with Gasteiger partial charge in [0, 0.05) is 43.5 Å². The first kappa shape index (κ1) is 40.4. The molecule has 10 heteroatoms. The molecule has 288 valence electrons. The minimum atomic E-state index is -0.840. The number of phenolic OH excluding ortho intramolecular Hbond substituents is 1. The Bertz CT molecular complexity index is 1780. The second-order valence-electron chi connectivity index (χ2n) is 14.0. The maximum absolute atomic E-state index is 14.0. The lowest BCUT2D eigenvalue weighted by Gasteiger charge is -2.31. The van der Waals surface area contributed by atoms with Gasteiger partial charge in [-0.2, -0.15) is 0 Å². The number of aliphatic hydroxyl groups excluding tert-OH is 1. The molecule has 54 heavy (non-hydrogen) atoms. The van der Waals surface area contributed by atoms with Crippen molar-refractivity contribution in [2.24, 2.45) is 0 Å². The Morgan fingerprint density at radius 3 is 2.37 bits per heavy atom. The molecule has 5 rings (SSSR count). The van der Waals surface area contributed by atoms with Gasteiger partial charge in [0.2, 0.25) is 5.91 Å². The average Bonchev–Trinajstić information content (AvgIpc) is 3.56. The fourth-order valence-electron chi connectivity index (χ4n) is 7.02. The molecule has 1 saturated heterocycles. The molecule has 3 aromatic carbocycles. The molecule has 0 saturated carbocycles.